The molecule has 1 aliphatic heterocycles. The molecule has 1 atom stereocenters. The molecule has 1 N–H and O–H groups in total. The summed E-state index contributed by atoms with van der Waals surface area (Å²) in [6.07, 6.45) is 4.44. The zero-order valence-electron chi connectivity index (χ0n) is 15.5. The van der Waals surface area contributed by atoms with Crippen molar-refractivity contribution in [3.63, 3.8) is 0 Å². The van der Waals surface area contributed by atoms with E-state index in [4.69, 9.17) is 4.42 Å². The SMILES string of the molecule is Cc1ccc(C2=NN(C(=O)CN(CCO)C3CC3)C(c3ccco3)C2)cc1. The lowest BCUT2D eigenvalue weighted by atomic mass is 10.0. The van der Waals surface area contributed by atoms with Gasteiger partial charge >= 0.3 is 0 Å². The molecule has 1 amide bonds. The molecule has 2 aliphatic rings. The van der Waals surface area contributed by atoms with E-state index in [0.717, 1.165) is 29.9 Å². The first kappa shape index (κ1) is 17.9. The van der Waals surface area contributed by atoms with Gasteiger partial charge in [0.1, 0.15) is 11.8 Å². The molecule has 0 radical (unpaired) electrons. The minimum atomic E-state index is -0.223. The highest BCUT2D eigenvalue weighted by Crippen LogP contribution is 2.34. The van der Waals surface area contributed by atoms with Crippen LogP contribution in [0.25, 0.3) is 0 Å². The number of hydrogen-bond acceptors (Lipinski definition) is 5. The van der Waals surface area contributed by atoms with Gasteiger partial charge in [0.25, 0.3) is 5.91 Å². The average molecular weight is 367 g/mol. The van der Waals surface area contributed by atoms with Gasteiger partial charge in [-0.2, -0.15) is 5.10 Å². The fraction of sp³-hybridized carbons (Fsp3) is 0.429. The fourth-order valence-corrected chi connectivity index (χ4v) is 3.57. The van der Waals surface area contributed by atoms with E-state index in [9.17, 15) is 9.90 Å². The molecule has 0 spiro atoms. The summed E-state index contributed by atoms with van der Waals surface area (Å²) < 4.78 is 5.59. The quantitative estimate of drug-likeness (QED) is 0.817. The molecular formula is C21H25N3O3. The van der Waals surface area contributed by atoms with Gasteiger partial charge in [-0.15, -0.1) is 0 Å². The summed E-state index contributed by atoms with van der Waals surface area (Å²) >= 11 is 0. The lowest BCUT2D eigenvalue weighted by molar-refractivity contribution is -0.134. The molecule has 1 aliphatic carbocycles. The predicted molar refractivity (Wildman–Crippen MR) is 102 cm³/mol. The molecule has 1 aromatic heterocycles. The number of amides is 1. The third kappa shape index (κ3) is 3.96. The summed E-state index contributed by atoms with van der Waals surface area (Å²) in [5.41, 5.74) is 3.11. The lowest BCUT2D eigenvalue weighted by Crippen LogP contribution is -2.40. The molecule has 2 aromatic rings. The second-order valence-electron chi connectivity index (χ2n) is 7.31. The van der Waals surface area contributed by atoms with Gasteiger partial charge in [-0.05, 0) is 37.5 Å². The molecule has 1 saturated carbocycles. The summed E-state index contributed by atoms with van der Waals surface area (Å²) in [4.78, 5) is 15.1. The first-order chi connectivity index (χ1) is 13.2. The second-order valence-corrected chi connectivity index (χ2v) is 7.31. The van der Waals surface area contributed by atoms with Crippen molar-refractivity contribution in [1.82, 2.24) is 9.91 Å². The van der Waals surface area contributed by atoms with Crippen LogP contribution in [-0.2, 0) is 4.79 Å². The second kappa shape index (κ2) is 7.66. The average Bonchev–Trinajstić information content (AvgIpc) is 3.18. The zero-order chi connectivity index (χ0) is 18.8. The number of carbonyl (C=O) groups is 1. The number of furan rings is 1. The first-order valence-corrected chi connectivity index (χ1v) is 9.50. The van der Waals surface area contributed by atoms with Gasteiger partial charge in [-0.3, -0.25) is 9.69 Å². The highest BCUT2D eigenvalue weighted by Gasteiger charge is 2.37. The van der Waals surface area contributed by atoms with E-state index >= 15 is 0 Å². The van der Waals surface area contributed by atoms with Crippen LogP contribution in [0.3, 0.4) is 0 Å². The van der Waals surface area contributed by atoms with E-state index in [1.165, 1.54) is 5.56 Å². The monoisotopic (exact) mass is 367 g/mol. The van der Waals surface area contributed by atoms with Crippen molar-refractivity contribution < 1.29 is 14.3 Å². The minimum Gasteiger partial charge on any atom is -0.467 e. The maximum absolute atomic E-state index is 13.1. The summed E-state index contributed by atoms with van der Waals surface area (Å²) in [6, 6.07) is 12.1. The number of rotatable bonds is 7. The van der Waals surface area contributed by atoms with E-state index in [2.05, 4.69) is 29.1 Å². The van der Waals surface area contributed by atoms with E-state index in [1.54, 1.807) is 11.3 Å². The standard InChI is InChI=1S/C21H25N3O3/c1-15-4-6-16(7-5-15)18-13-19(20-3-2-12-27-20)24(22-18)21(26)14-23(10-11-25)17-8-9-17/h2-7,12,17,19,25H,8-11,13-14H2,1H3. The number of nitrogens with zero attached hydrogens (tertiary/aromatic N) is 3. The molecule has 4 rings (SSSR count). The normalized spacial score (nSPS) is 19.6. The highest BCUT2D eigenvalue weighted by atomic mass is 16.3. The molecule has 1 unspecified atom stereocenters. The van der Waals surface area contributed by atoms with Crippen LogP contribution < -0.4 is 0 Å². The maximum atomic E-state index is 13.1. The van der Waals surface area contributed by atoms with Crippen LogP contribution >= 0.6 is 0 Å². The molecule has 1 aromatic carbocycles. The minimum absolute atomic E-state index is 0.0566. The van der Waals surface area contributed by atoms with Crippen LogP contribution in [0.4, 0.5) is 0 Å². The number of hydrogen-bond donors (Lipinski definition) is 1. The molecular weight excluding hydrogens is 342 g/mol. The van der Waals surface area contributed by atoms with Crippen molar-refractivity contribution in [3.05, 3.63) is 59.5 Å². The van der Waals surface area contributed by atoms with Gasteiger partial charge < -0.3 is 9.52 Å². The third-order valence-electron chi connectivity index (χ3n) is 5.21. The van der Waals surface area contributed by atoms with E-state index in [-0.39, 0.29) is 25.1 Å². The van der Waals surface area contributed by atoms with Crippen LogP contribution in [-0.4, -0.2) is 52.4 Å². The van der Waals surface area contributed by atoms with Gasteiger partial charge in [0.2, 0.25) is 0 Å². The largest absolute Gasteiger partial charge is 0.467 e. The van der Waals surface area contributed by atoms with Crippen molar-refractivity contribution in [1.29, 1.82) is 0 Å². The zero-order valence-corrected chi connectivity index (χ0v) is 15.5. The molecule has 0 bridgehead atoms. The summed E-state index contributed by atoms with van der Waals surface area (Å²) in [5.74, 6) is 0.688. The Kier molecular flexibility index (Phi) is 5.09. The summed E-state index contributed by atoms with van der Waals surface area (Å²) in [5, 5.41) is 15.5. The molecule has 27 heavy (non-hydrogen) atoms. The third-order valence-corrected chi connectivity index (χ3v) is 5.21. The fourth-order valence-electron chi connectivity index (χ4n) is 3.57. The van der Waals surface area contributed by atoms with Gasteiger partial charge in [0.05, 0.1) is 25.1 Å². The highest BCUT2D eigenvalue weighted by molar-refractivity contribution is 6.03. The van der Waals surface area contributed by atoms with Crippen LogP contribution in [0.2, 0.25) is 0 Å². The number of aliphatic hydroxyl groups is 1. The molecule has 6 nitrogen and oxygen atoms in total. The van der Waals surface area contributed by atoms with Crippen molar-refractivity contribution in [2.75, 3.05) is 19.7 Å². The number of aliphatic hydroxyl groups excluding tert-OH is 1. The van der Waals surface area contributed by atoms with Crippen molar-refractivity contribution in [2.24, 2.45) is 5.10 Å². The Morgan fingerprint density at radius 3 is 2.70 bits per heavy atom. The van der Waals surface area contributed by atoms with Crippen molar-refractivity contribution in [2.45, 2.75) is 38.3 Å². The smallest absolute Gasteiger partial charge is 0.257 e. The van der Waals surface area contributed by atoms with Crippen LogP contribution in [0.5, 0.6) is 0 Å². The van der Waals surface area contributed by atoms with Gasteiger partial charge in [0.15, 0.2) is 0 Å². The van der Waals surface area contributed by atoms with Gasteiger partial charge in [-0.1, -0.05) is 29.8 Å². The Morgan fingerprint density at radius 2 is 2.07 bits per heavy atom. The number of carbonyl (C=O) groups excluding carboxylic acids is 1. The Balaban J connectivity index is 1.57. The molecule has 1 fully saturated rings. The molecule has 2 heterocycles. The Hall–Kier alpha value is -2.44. The Morgan fingerprint density at radius 1 is 1.30 bits per heavy atom. The lowest BCUT2D eigenvalue weighted by Gasteiger charge is -2.25. The van der Waals surface area contributed by atoms with E-state index in [0.29, 0.717) is 19.0 Å². The van der Waals surface area contributed by atoms with Gasteiger partial charge in [0, 0.05) is 19.0 Å². The van der Waals surface area contributed by atoms with Crippen LogP contribution in [0.1, 0.15) is 42.2 Å². The van der Waals surface area contributed by atoms with Gasteiger partial charge in [-0.25, -0.2) is 5.01 Å². The predicted octanol–water partition coefficient (Wildman–Crippen LogP) is 2.72. The van der Waals surface area contributed by atoms with Crippen LogP contribution in [0, 0.1) is 6.92 Å². The molecule has 0 saturated heterocycles. The summed E-state index contributed by atoms with van der Waals surface area (Å²) in [7, 11) is 0. The van der Waals surface area contributed by atoms with E-state index in [1.807, 2.05) is 24.3 Å². The molecule has 142 valence electrons. The Labute approximate surface area is 159 Å². The number of aryl methyl sites for hydroxylation is 1. The van der Waals surface area contributed by atoms with Crippen LogP contribution in [0.15, 0.2) is 52.2 Å². The maximum Gasteiger partial charge on any atom is 0.257 e. The molecule has 6 heteroatoms. The van der Waals surface area contributed by atoms with Crippen molar-refractivity contribution in [3.8, 4) is 0 Å². The topological polar surface area (TPSA) is 69.3 Å². The number of benzene rings is 1. The number of hydrazone groups is 1. The first-order valence-electron chi connectivity index (χ1n) is 9.50. The van der Waals surface area contributed by atoms with Crippen molar-refractivity contribution >= 4 is 11.6 Å². The van der Waals surface area contributed by atoms with E-state index < -0.39 is 0 Å². The summed E-state index contributed by atoms with van der Waals surface area (Å²) in [6.45, 7) is 2.90. The Bertz CT molecular complexity index is 810.